The molecule has 0 aromatic rings. The lowest BCUT2D eigenvalue weighted by molar-refractivity contribution is 0.523. The van der Waals surface area contributed by atoms with Crippen molar-refractivity contribution in [3.63, 3.8) is 0 Å². The van der Waals surface area contributed by atoms with Gasteiger partial charge in [-0.15, -0.1) is 0 Å². The Bertz CT molecular complexity index is 41.6. The van der Waals surface area contributed by atoms with Crippen molar-refractivity contribution in [1.82, 2.24) is 16.2 Å². The summed E-state index contributed by atoms with van der Waals surface area (Å²) in [5.41, 5.74) is 6.15. The molecule has 0 radical (unpaired) electrons. The molecule has 0 bridgehead atoms. The van der Waals surface area contributed by atoms with Gasteiger partial charge < -0.3 is 5.32 Å². The third kappa shape index (κ3) is 7.88. The zero-order valence-corrected chi connectivity index (χ0v) is 6.33. The second-order valence-corrected chi connectivity index (χ2v) is 1.96. The zero-order valence-electron chi connectivity index (χ0n) is 6.33. The maximum absolute atomic E-state index is 3.08. The fourth-order valence-electron chi connectivity index (χ4n) is 0.489. The summed E-state index contributed by atoms with van der Waals surface area (Å²) in [6.07, 6.45) is 1.17. The van der Waals surface area contributed by atoms with Gasteiger partial charge in [-0.3, -0.25) is 10.9 Å². The highest BCUT2D eigenvalue weighted by atomic mass is 15.3. The van der Waals surface area contributed by atoms with Gasteiger partial charge in [-0.2, -0.15) is 0 Å². The molecule has 56 valence electrons. The number of likely N-dealkylation sites (N-methyl/N-ethyl adjacent to an activating group) is 1. The molecule has 9 heavy (non-hydrogen) atoms. The molecule has 0 amide bonds. The molecule has 0 aromatic heterocycles. The van der Waals surface area contributed by atoms with Gasteiger partial charge in [0, 0.05) is 19.6 Å². The predicted molar refractivity (Wildman–Crippen MR) is 40.2 cm³/mol. The van der Waals surface area contributed by atoms with Gasteiger partial charge in [0.05, 0.1) is 0 Å². The first-order valence-electron chi connectivity index (χ1n) is 3.52. The Hall–Kier alpha value is -0.120. The van der Waals surface area contributed by atoms with Crippen LogP contribution in [0.5, 0.6) is 0 Å². The Morgan fingerprint density at radius 3 is 2.22 bits per heavy atom. The Labute approximate surface area is 57.2 Å². The second kappa shape index (κ2) is 7.88. The van der Waals surface area contributed by atoms with E-state index in [1.54, 1.807) is 0 Å². The standard InChI is InChI=1S/C6H17N3/c1-3-4-8-9-6-5-7-2/h7-9H,3-6H2,1-2H3. The van der Waals surface area contributed by atoms with Crippen LogP contribution in [-0.4, -0.2) is 26.7 Å². The second-order valence-electron chi connectivity index (χ2n) is 1.96. The first-order valence-corrected chi connectivity index (χ1v) is 3.52. The van der Waals surface area contributed by atoms with Gasteiger partial charge >= 0.3 is 0 Å². The van der Waals surface area contributed by atoms with Gasteiger partial charge in [0.1, 0.15) is 0 Å². The van der Waals surface area contributed by atoms with E-state index >= 15 is 0 Å². The van der Waals surface area contributed by atoms with Gasteiger partial charge in [0.15, 0.2) is 0 Å². The van der Waals surface area contributed by atoms with Crippen LogP contribution in [0.1, 0.15) is 13.3 Å². The molecule has 0 aliphatic rings. The molecule has 3 heteroatoms. The minimum Gasteiger partial charge on any atom is -0.318 e. The minimum absolute atomic E-state index is 0.983. The fourth-order valence-corrected chi connectivity index (χ4v) is 0.489. The van der Waals surface area contributed by atoms with Gasteiger partial charge in [0.2, 0.25) is 0 Å². The molecule has 0 unspecified atom stereocenters. The summed E-state index contributed by atoms with van der Waals surface area (Å²) < 4.78 is 0. The lowest BCUT2D eigenvalue weighted by atomic mass is 10.5. The van der Waals surface area contributed by atoms with E-state index in [0.717, 1.165) is 19.6 Å². The van der Waals surface area contributed by atoms with Gasteiger partial charge in [-0.25, -0.2) is 0 Å². The zero-order chi connectivity index (χ0) is 6.95. The molecule has 3 nitrogen and oxygen atoms in total. The van der Waals surface area contributed by atoms with Crippen molar-refractivity contribution in [2.45, 2.75) is 13.3 Å². The molecule has 0 aliphatic carbocycles. The molecular weight excluding hydrogens is 114 g/mol. The highest BCUT2D eigenvalue weighted by molar-refractivity contribution is 4.42. The van der Waals surface area contributed by atoms with Gasteiger partial charge in [-0.1, -0.05) is 6.92 Å². The van der Waals surface area contributed by atoms with Crippen molar-refractivity contribution >= 4 is 0 Å². The quantitative estimate of drug-likeness (QED) is 0.342. The van der Waals surface area contributed by atoms with Crippen LogP contribution >= 0.6 is 0 Å². The third-order valence-corrected chi connectivity index (χ3v) is 1.000. The smallest absolute Gasteiger partial charge is 0.0225 e. The molecule has 0 saturated carbocycles. The first kappa shape index (κ1) is 8.88. The predicted octanol–water partition coefficient (Wildman–Crippen LogP) is -0.290. The third-order valence-electron chi connectivity index (χ3n) is 1.000. The Morgan fingerprint density at radius 1 is 1.00 bits per heavy atom. The van der Waals surface area contributed by atoms with E-state index in [2.05, 4.69) is 23.1 Å². The van der Waals surface area contributed by atoms with Crippen molar-refractivity contribution < 1.29 is 0 Å². The van der Waals surface area contributed by atoms with E-state index in [4.69, 9.17) is 0 Å². The van der Waals surface area contributed by atoms with Gasteiger partial charge in [-0.05, 0) is 13.5 Å². The maximum Gasteiger partial charge on any atom is 0.0225 e. The normalized spacial score (nSPS) is 10.0. The number of nitrogens with one attached hydrogen (secondary N) is 3. The first-order chi connectivity index (χ1) is 4.41. The van der Waals surface area contributed by atoms with Crippen molar-refractivity contribution in [2.75, 3.05) is 26.7 Å². The molecule has 0 spiro atoms. The molecule has 0 rings (SSSR count). The number of hydrogen-bond acceptors (Lipinski definition) is 3. The molecule has 3 N–H and O–H groups in total. The summed E-state index contributed by atoms with van der Waals surface area (Å²) in [4.78, 5) is 0. The molecule has 0 aromatic carbocycles. The average Bonchev–Trinajstić information content (AvgIpc) is 1.89. The van der Waals surface area contributed by atoms with Crippen molar-refractivity contribution in [3.8, 4) is 0 Å². The topological polar surface area (TPSA) is 36.1 Å². The van der Waals surface area contributed by atoms with Crippen molar-refractivity contribution in [2.24, 2.45) is 0 Å². The van der Waals surface area contributed by atoms with Crippen molar-refractivity contribution in [1.29, 1.82) is 0 Å². The highest BCUT2D eigenvalue weighted by Crippen LogP contribution is 1.64. The summed E-state index contributed by atoms with van der Waals surface area (Å²) in [5, 5.41) is 3.04. The Kier molecular flexibility index (Phi) is 7.77. The van der Waals surface area contributed by atoms with E-state index in [9.17, 15) is 0 Å². The van der Waals surface area contributed by atoms with Crippen LogP contribution in [0.4, 0.5) is 0 Å². The Morgan fingerprint density at radius 2 is 1.67 bits per heavy atom. The SMILES string of the molecule is CCCNNCCNC. The molecule has 0 aliphatic heterocycles. The van der Waals surface area contributed by atoms with E-state index in [-0.39, 0.29) is 0 Å². The molecule has 0 atom stereocenters. The lowest BCUT2D eigenvalue weighted by Crippen LogP contribution is -2.36. The fraction of sp³-hybridized carbons (Fsp3) is 1.00. The number of hydrazine groups is 1. The van der Waals surface area contributed by atoms with Crippen molar-refractivity contribution in [3.05, 3.63) is 0 Å². The molecular formula is C6H17N3. The average molecular weight is 131 g/mol. The van der Waals surface area contributed by atoms with Crippen LogP contribution in [0.15, 0.2) is 0 Å². The molecule has 0 saturated heterocycles. The largest absolute Gasteiger partial charge is 0.318 e. The van der Waals surface area contributed by atoms with Crippen LogP contribution in [-0.2, 0) is 0 Å². The summed E-state index contributed by atoms with van der Waals surface area (Å²) >= 11 is 0. The number of rotatable bonds is 6. The van der Waals surface area contributed by atoms with Crippen LogP contribution in [0, 0.1) is 0 Å². The van der Waals surface area contributed by atoms with E-state index in [1.807, 2.05) is 7.05 Å². The van der Waals surface area contributed by atoms with Crippen LogP contribution in [0.25, 0.3) is 0 Å². The van der Waals surface area contributed by atoms with Crippen LogP contribution in [0.2, 0.25) is 0 Å². The summed E-state index contributed by atoms with van der Waals surface area (Å²) in [5.74, 6) is 0. The molecule has 0 heterocycles. The summed E-state index contributed by atoms with van der Waals surface area (Å²) in [6.45, 7) is 5.18. The lowest BCUT2D eigenvalue weighted by Gasteiger charge is -2.03. The molecule has 0 fully saturated rings. The monoisotopic (exact) mass is 131 g/mol. The van der Waals surface area contributed by atoms with Gasteiger partial charge in [0.25, 0.3) is 0 Å². The van der Waals surface area contributed by atoms with Crippen LogP contribution in [0.3, 0.4) is 0 Å². The van der Waals surface area contributed by atoms with E-state index in [1.165, 1.54) is 6.42 Å². The van der Waals surface area contributed by atoms with Crippen LogP contribution < -0.4 is 16.2 Å². The number of hydrogen-bond donors (Lipinski definition) is 3. The minimum atomic E-state index is 0.983. The summed E-state index contributed by atoms with van der Waals surface area (Å²) in [7, 11) is 1.95. The Balaban J connectivity index is 2.60. The highest BCUT2D eigenvalue weighted by Gasteiger charge is 1.80. The maximum atomic E-state index is 3.08. The van der Waals surface area contributed by atoms with E-state index in [0.29, 0.717) is 0 Å². The van der Waals surface area contributed by atoms with E-state index < -0.39 is 0 Å². The summed E-state index contributed by atoms with van der Waals surface area (Å²) in [6, 6.07) is 0.